The number of carbonyl (C=O) groups is 1. The summed E-state index contributed by atoms with van der Waals surface area (Å²) >= 11 is -1.78. The minimum absolute atomic E-state index is 0.128. The standard InChI is InChI=1S/C24H29N5O3S/c1-24(2,3)20(16-10-5-4-6-11-16)26-22-21(27-33(32)28-22)25-18-13-9-12-17(19(18)30)23(31)29-14-7-8-15-29/h4-6,9-13,20,30H,7-8,14-15H2,1-3H3,(H,25,27)(H,26,28)/t20-,33?/m0/s1. The summed E-state index contributed by atoms with van der Waals surface area (Å²) in [5.41, 5.74) is 1.42. The Morgan fingerprint density at radius 1 is 1.06 bits per heavy atom. The van der Waals surface area contributed by atoms with Gasteiger partial charge < -0.3 is 25.2 Å². The lowest BCUT2D eigenvalue weighted by Gasteiger charge is -2.31. The molecular weight excluding hydrogens is 438 g/mol. The molecule has 1 aliphatic heterocycles. The molecule has 0 aliphatic carbocycles. The number of phenols is 1. The fourth-order valence-electron chi connectivity index (χ4n) is 4.06. The highest BCUT2D eigenvalue weighted by atomic mass is 32.2. The summed E-state index contributed by atoms with van der Waals surface area (Å²) in [6, 6.07) is 14.8. The number of anilines is 3. The molecule has 1 fully saturated rings. The van der Waals surface area contributed by atoms with E-state index in [-0.39, 0.29) is 34.5 Å². The summed E-state index contributed by atoms with van der Waals surface area (Å²) in [6.45, 7) is 7.70. The van der Waals surface area contributed by atoms with E-state index in [4.69, 9.17) is 0 Å². The molecule has 2 aromatic carbocycles. The zero-order valence-corrected chi connectivity index (χ0v) is 19.9. The normalized spacial score (nSPS) is 15.4. The second-order valence-electron chi connectivity index (χ2n) is 9.29. The minimum Gasteiger partial charge on any atom is -0.546 e. The number of hydrogen-bond acceptors (Lipinski definition) is 7. The summed E-state index contributed by atoms with van der Waals surface area (Å²) < 4.78 is 20.4. The molecule has 9 heteroatoms. The van der Waals surface area contributed by atoms with Crippen LogP contribution in [0.5, 0.6) is 5.75 Å². The van der Waals surface area contributed by atoms with E-state index in [1.165, 1.54) is 0 Å². The van der Waals surface area contributed by atoms with Gasteiger partial charge in [-0.3, -0.25) is 4.79 Å². The number of likely N-dealkylation sites (tertiary alicyclic amines) is 1. The highest BCUT2D eigenvalue weighted by molar-refractivity contribution is 7.14. The van der Waals surface area contributed by atoms with Crippen LogP contribution in [0.4, 0.5) is 17.3 Å². The number of hydrogen-bond donors (Lipinski definition) is 3. The van der Waals surface area contributed by atoms with Crippen LogP contribution in [0.25, 0.3) is 0 Å². The Bertz CT molecular complexity index is 1120. The van der Waals surface area contributed by atoms with Gasteiger partial charge in [-0.05, 0) is 36.0 Å². The third kappa shape index (κ3) is 5.09. The summed E-state index contributed by atoms with van der Waals surface area (Å²) in [5.74, 6) is 0.228. The van der Waals surface area contributed by atoms with Crippen molar-refractivity contribution in [2.45, 2.75) is 39.7 Å². The van der Waals surface area contributed by atoms with E-state index in [1.807, 2.05) is 30.3 Å². The first-order chi connectivity index (χ1) is 15.7. The smallest absolute Gasteiger partial charge is 0.257 e. The molecule has 8 nitrogen and oxygen atoms in total. The summed E-state index contributed by atoms with van der Waals surface area (Å²) in [4.78, 5) is 14.5. The van der Waals surface area contributed by atoms with Crippen LogP contribution in [0.15, 0.2) is 48.5 Å². The van der Waals surface area contributed by atoms with Gasteiger partial charge >= 0.3 is 0 Å². The molecule has 0 spiro atoms. The van der Waals surface area contributed by atoms with Gasteiger partial charge in [0.05, 0.1) is 17.3 Å². The summed E-state index contributed by atoms with van der Waals surface area (Å²) in [5, 5.41) is 17.2. The number of amides is 1. The number of nitrogens with one attached hydrogen (secondary N) is 2. The molecule has 174 valence electrons. The Labute approximate surface area is 196 Å². The second-order valence-corrected chi connectivity index (χ2v) is 10.1. The Morgan fingerprint density at radius 2 is 1.73 bits per heavy atom. The maximum absolute atomic E-state index is 12.8. The van der Waals surface area contributed by atoms with Crippen molar-refractivity contribution in [3.8, 4) is 5.75 Å². The highest BCUT2D eigenvalue weighted by Crippen LogP contribution is 2.39. The van der Waals surface area contributed by atoms with E-state index >= 15 is 0 Å². The van der Waals surface area contributed by atoms with Crippen molar-refractivity contribution in [2.75, 3.05) is 23.7 Å². The van der Waals surface area contributed by atoms with Crippen LogP contribution in [0.3, 0.4) is 0 Å². The summed E-state index contributed by atoms with van der Waals surface area (Å²) in [7, 11) is 0. The van der Waals surface area contributed by atoms with E-state index < -0.39 is 11.1 Å². The maximum Gasteiger partial charge on any atom is 0.257 e. The predicted molar refractivity (Wildman–Crippen MR) is 129 cm³/mol. The summed E-state index contributed by atoms with van der Waals surface area (Å²) in [6.07, 6.45) is 1.93. The zero-order chi connectivity index (χ0) is 23.6. The van der Waals surface area contributed by atoms with Crippen molar-refractivity contribution in [1.29, 1.82) is 0 Å². The molecule has 0 saturated carbocycles. The first-order valence-electron chi connectivity index (χ1n) is 11.0. The van der Waals surface area contributed by atoms with Crippen LogP contribution in [0.1, 0.15) is 55.6 Å². The lowest BCUT2D eigenvalue weighted by Crippen LogP contribution is -2.27. The molecule has 2 atom stereocenters. The van der Waals surface area contributed by atoms with Crippen molar-refractivity contribution in [2.24, 2.45) is 5.41 Å². The fourth-order valence-corrected chi connectivity index (χ4v) is 4.68. The van der Waals surface area contributed by atoms with E-state index in [0.29, 0.717) is 24.6 Å². The van der Waals surface area contributed by atoms with Gasteiger partial charge in [-0.2, -0.15) is 0 Å². The number of nitrogens with zero attached hydrogens (tertiary/aromatic N) is 3. The van der Waals surface area contributed by atoms with Gasteiger partial charge in [0.2, 0.25) is 11.6 Å². The molecule has 1 unspecified atom stereocenters. The third-order valence-corrected chi connectivity index (χ3v) is 6.43. The Morgan fingerprint density at radius 3 is 2.39 bits per heavy atom. The van der Waals surface area contributed by atoms with Crippen LogP contribution < -0.4 is 10.6 Å². The van der Waals surface area contributed by atoms with E-state index in [1.54, 1.807) is 23.1 Å². The van der Waals surface area contributed by atoms with Gasteiger partial charge in [0, 0.05) is 21.8 Å². The average molecular weight is 468 g/mol. The van der Waals surface area contributed by atoms with Gasteiger partial charge in [-0.25, -0.2) is 0 Å². The fraction of sp³-hybridized carbons (Fsp3) is 0.375. The van der Waals surface area contributed by atoms with Crippen LogP contribution in [0.2, 0.25) is 0 Å². The minimum atomic E-state index is -1.78. The Hall–Kier alpha value is -3.17. The molecule has 1 saturated heterocycles. The number of phenolic OH excluding ortho intramolecular Hbond substituents is 1. The number of para-hydroxylation sites is 1. The first kappa shape index (κ1) is 23.0. The molecule has 1 amide bonds. The topological polar surface area (TPSA) is 113 Å². The monoisotopic (exact) mass is 467 g/mol. The zero-order valence-electron chi connectivity index (χ0n) is 19.0. The lowest BCUT2D eigenvalue weighted by molar-refractivity contribution is 0.0790. The van der Waals surface area contributed by atoms with Crippen LogP contribution in [-0.4, -0.2) is 42.3 Å². The number of aromatic nitrogens is 2. The third-order valence-electron chi connectivity index (χ3n) is 5.76. The molecule has 0 radical (unpaired) electrons. The molecule has 1 aliphatic rings. The van der Waals surface area contributed by atoms with Gasteiger partial charge in [-0.1, -0.05) is 57.2 Å². The molecule has 33 heavy (non-hydrogen) atoms. The van der Waals surface area contributed by atoms with Crippen LogP contribution in [0, 0.1) is 5.41 Å². The lowest BCUT2D eigenvalue weighted by atomic mass is 9.82. The average Bonchev–Trinajstić information content (AvgIpc) is 3.43. The molecule has 3 N–H and O–H groups in total. The molecule has 3 aromatic rings. The second kappa shape index (κ2) is 9.36. The predicted octanol–water partition coefficient (Wildman–Crippen LogP) is 5.09. The largest absolute Gasteiger partial charge is 0.546 e. The highest BCUT2D eigenvalue weighted by Gasteiger charge is 2.30. The Balaban J connectivity index is 1.62. The van der Waals surface area contributed by atoms with Gasteiger partial charge in [0.1, 0.15) is 0 Å². The maximum atomic E-state index is 12.8. The van der Waals surface area contributed by atoms with Crippen molar-refractivity contribution in [1.82, 2.24) is 13.6 Å². The SMILES string of the molecule is CC(C)(C)[C@@H](Nc1n[s+]([O-])nc1Nc1cccc(C(=O)N2CCCC2)c1O)c1ccccc1. The van der Waals surface area contributed by atoms with Crippen molar-refractivity contribution in [3.05, 3.63) is 59.7 Å². The molecule has 1 aromatic heterocycles. The van der Waals surface area contributed by atoms with Crippen molar-refractivity contribution >= 4 is 34.4 Å². The number of rotatable bonds is 6. The van der Waals surface area contributed by atoms with E-state index in [9.17, 15) is 14.5 Å². The van der Waals surface area contributed by atoms with Crippen molar-refractivity contribution < 1.29 is 14.5 Å². The van der Waals surface area contributed by atoms with E-state index in [2.05, 4.69) is 40.2 Å². The molecule has 2 heterocycles. The molecule has 0 bridgehead atoms. The number of carbonyl (C=O) groups excluding carboxylic acids is 1. The first-order valence-corrected chi connectivity index (χ1v) is 12.1. The van der Waals surface area contributed by atoms with Crippen LogP contribution >= 0.6 is 11.1 Å². The van der Waals surface area contributed by atoms with Crippen LogP contribution in [-0.2, 0) is 0 Å². The number of aromatic hydroxyl groups is 1. The van der Waals surface area contributed by atoms with Gasteiger partial charge in [0.25, 0.3) is 5.91 Å². The van der Waals surface area contributed by atoms with Crippen molar-refractivity contribution in [3.63, 3.8) is 0 Å². The Kier molecular flexibility index (Phi) is 6.53. The van der Waals surface area contributed by atoms with Gasteiger partial charge in [0.15, 0.2) is 16.9 Å². The van der Waals surface area contributed by atoms with E-state index in [0.717, 1.165) is 18.4 Å². The molecular formula is C24H29N5O3S. The number of benzene rings is 2. The quantitative estimate of drug-likeness (QED) is 0.342. The van der Waals surface area contributed by atoms with Gasteiger partial charge in [-0.15, -0.1) is 0 Å². The molecule has 4 rings (SSSR count).